The molecule has 0 radical (unpaired) electrons. The summed E-state index contributed by atoms with van der Waals surface area (Å²) in [6.45, 7) is 5.31. The van der Waals surface area contributed by atoms with Gasteiger partial charge in [-0.15, -0.1) is 0 Å². The normalized spacial score (nSPS) is 11.7. The molecule has 0 fully saturated rings. The summed E-state index contributed by atoms with van der Waals surface area (Å²) in [4.78, 5) is 17.2. The molecular weight excluding hydrogens is 257 g/mol. The maximum Gasteiger partial charge on any atom is 0.281 e. The fourth-order valence-electron chi connectivity index (χ4n) is 1.70. The van der Waals surface area contributed by atoms with Crippen molar-refractivity contribution in [1.29, 1.82) is 5.41 Å². The van der Waals surface area contributed by atoms with Crippen molar-refractivity contribution in [2.24, 2.45) is 4.99 Å². The van der Waals surface area contributed by atoms with Gasteiger partial charge in [-0.25, -0.2) is 4.39 Å². The third-order valence-corrected chi connectivity index (χ3v) is 3.01. The van der Waals surface area contributed by atoms with Crippen LogP contribution in [-0.2, 0) is 5.41 Å². The van der Waals surface area contributed by atoms with Crippen LogP contribution in [0.5, 0.6) is 0 Å². The van der Waals surface area contributed by atoms with Gasteiger partial charge in [-0.1, -0.05) is 19.9 Å². The second-order valence-corrected chi connectivity index (χ2v) is 5.53. The van der Waals surface area contributed by atoms with E-state index in [1.165, 1.54) is 18.6 Å². The Balaban J connectivity index is 3.26. The number of hydrogen-bond acceptors (Lipinski definition) is 2. The van der Waals surface area contributed by atoms with Gasteiger partial charge in [0.15, 0.2) is 0 Å². The number of halogens is 1. The molecule has 1 rings (SSSR count). The van der Waals surface area contributed by atoms with E-state index in [0.717, 1.165) is 0 Å². The molecule has 20 heavy (non-hydrogen) atoms. The van der Waals surface area contributed by atoms with Crippen LogP contribution in [0.4, 0.5) is 4.39 Å². The second kappa shape index (κ2) is 5.94. The number of benzene rings is 1. The Labute approximate surface area is 118 Å². The van der Waals surface area contributed by atoms with Crippen LogP contribution in [0.15, 0.2) is 17.1 Å². The first-order valence-corrected chi connectivity index (χ1v) is 6.26. The number of rotatable bonds is 4. The maximum atomic E-state index is 14.2. The van der Waals surface area contributed by atoms with Gasteiger partial charge >= 0.3 is 0 Å². The van der Waals surface area contributed by atoms with Crippen molar-refractivity contribution in [2.45, 2.75) is 26.2 Å². The van der Waals surface area contributed by atoms with Crippen LogP contribution in [0.25, 0.3) is 0 Å². The highest BCUT2D eigenvalue weighted by Crippen LogP contribution is 2.26. The zero-order valence-corrected chi connectivity index (χ0v) is 12.5. The average molecular weight is 277 g/mol. The summed E-state index contributed by atoms with van der Waals surface area (Å²) in [6.07, 6.45) is 2.60. The maximum absolute atomic E-state index is 14.2. The first-order valence-electron chi connectivity index (χ1n) is 6.26. The van der Waals surface area contributed by atoms with Crippen molar-refractivity contribution in [3.63, 3.8) is 0 Å². The van der Waals surface area contributed by atoms with Crippen LogP contribution in [-0.4, -0.2) is 37.5 Å². The summed E-state index contributed by atoms with van der Waals surface area (Å²) in [6, 6.07) is 3.03. The second-order valence-electron chi connectivity index (χ2n) is 5.53. The lowest BCUT2D eigenvalue weighted by Gasteiger charge is -2.20. The van der Waals surface area contributed by atoms with E-state index in [9.17, 15) is 9.18 Å². The van der Waals surface area contributed by atoms with Crippen LogP contribution in [0, 0.1) is 18.2 Å². The summed E-state index contributed by atoms with van der Waals surface area (Å²) in [7, 11) is 3.46. The Kier molecular flexibility index (Phi) is 4.76. The van der Waals surface area contributed by atoms with Gasteiger partial charge in [0.2, 0.25) is 0 Å². The standard InChI is InChI=1S/C15H20FN3O/c1-10-6-11(15(2,3)8-17)7-12(16)13(10)14(20)18-9-19(4)5/h6-9,17H,1-5H3. The summed E-state index contributed by atoms with van der Waals surface area (Å²) in [5.41, 5.74) is 0.596. The molecule has 0 aromatic heterocycles. The lowest BCUT2D eigenvalue weighted by Crippen LogP contribution is -2.20. The van der Waals surface area contributed by atoms with Crippen molar-refractivity contribution in [1.82, 2.24) is 4.90 Å². The number of carbonyl (C=O) groups excluding carboxylic acids is 1. The van der Waals surface area contributed by atoms with Crippen molar-refractivity contribution in [3.8, 4) is 0 Å². The molecule has 1 aromatic rings. The predicted octanol–water partition coefficient (Wildman–Crippen LogP) is 2.79. The number of nitrogens with zero attached hydrogens (tertiary/aromatic N) is 2. The largest absolute Gasteiger partial charge is 0.369 e. The molecule has 0 spiro atoms. The van der Waals surface area contributed by atoms with Crippen molar-refractivity contribution in [3.05, 3.63) is 34.6 Å². The molecule has 0 atom stereocenters. The van der Waals surface area contributed by atoms with Gasteiger partial charge in [0, 0.05) is 25.7 Å². The van der Waals surface area contributed by atoms with Crippen LogP contribution in [0.1, 0.15) is 35.3 Å². The molecule has 1 N–H and O–H groups in total. The Hall–Kier alpha value is -2.04. The van der Waals surface area contributed by atoms with Crippen molar-refractivity contribution < 1.29 is 9.18 Å². The predicted molar refractivity (Wildman–Crippen MR) is 79.5 cm³/mol. The Morgan fingerprint density at radius 3 is 2.45 bits per heavy atom. The Morgan fingerprint density at radius 2 is 2.00 bits per heavy atom. The quantitative estimate of drug-likeness (QED) is 0.679. The van der Waals surface area contributed by atoms with Gasteiger partial charge in [0.1, 0.15) is 5.82 Å². The highest BCUT2D eigenvalue weighted by atomic mass is 19.1. The fourth-order valence-corrected chi connectivity index (χ4v) is 1.70. The summed E-state index contributed by atoms with van der Waals surface area (Å²) < 4.78 is 14.2. The molecule has 1 amide bonds. The van der Waals surface area contributed by atoms with Gasteiger partial charge in [-0.3, -0.25) is 4.79 Å². The van der Waals surface area contributed by atoms with E-state index < -0.39 is 17.1 Å². The highest BCUT2D eigenvalue weighted by molar-refractivity contribution is 6.00. The first-order chi connectivity index (χ1) is 9.19. The smallest absolute Gasteiger partial charge is 0.281 e. The van der Waals surface area contributed by atoms with Crippen LogP contribution < -0.4 is 0 Å². The fraction of sp³-hybridized carbons (Fsp3) is 0.400. The zero-order chi connectivity index (χ0) is 15.5. The van der Waals surface area contributed by atoms with Gasteiger partial charge < -0.3 is 10.3 Å². The third-order valence-electron chi connectivity index (χ3n) is 3.01. The molecule has 0 saturated carbocycles. The highest BCUT2D eigenvalue weighted by Gasteiger charge is 2.22. The van der Waals surface area contributed by atoms with E-state index >= 15 is 0 Å². The Bertz CT molecular complexity index is 539. The molecule has 0 saturated heterocycles. The molecule has 1 aromatic carbocycles. The lowest BCUT2D eigenvalue weighted by atomic mass is 9.84. The molecule has 0 aliphatic rings. The van der Waals surface area contributed by atoms with Crippen molar-refractivity contribution >= 4 is 18.5 Å². The van der Waals surface area contributed by atoms with Gasteiger partial charge in [0.25, 0.3) is 5.91 Å². The van der Waals surface area contributed by atoms with E-state index in [4.69, 9.17) is 5.41 Å². The lowest BCUT2D eigenvalue weighted by molar-refractivity contribution is 0.0998. The van der Waals surface area contributed by atoms with Crippen molar-refractivity contribution in [2.75, 3.05) is 14.1 Å². The van der Waals surface area contributed by atoms with Crippen LogP contribution in [0.2, 0.25) is 0 Å². The van der Waals surface area contributed by atoms with E-state index in [0.29, 0.717) is 11.1 Å². The molecule has 0 bridgehead atoms. The van der Waals surface area contributed by atoms with E-state index in [1.54, 1.807) is 32.0 Å². The van der Waals surface area contributed by atoms with Gasteiger partial charge in [-0.2, -0.15) is 4.99 Å². The number of aliphatic imine (C=N–C) groups is 1. The number of amides is 1. The zero-order valence-electron chi connectivity index (χ0n) is 12.5. The summed E-state index contributed by atoms with van der Waals surface area (Å²) in [5.74, 6) is -1.20. The molecule has 0 heterocycles. The summed E-state index contributed by atoms with van der Waals surface area (Å²) in [5, 5.41) is 7.39. The van der Waals surface area contributed by atoms with Crippen LogP contribution >= 0.6 is 0 Å². The number of carbonyl (C=O) groups is 1. The monoisotopic (exact) mass is 277 g/mol. The minimum absolute atomic E-state index is 0.0207. The summed E-state index contributed by atoms with van der Waals surface area (Å²) >= 11 is 0. The molecule has 4 nitrogen and oxygen atoms in total. The molecule has 108 valence electrons. The number of nitrogens with one attached hydrogen (secondary N) is 1. The Morgan fingerprint density at radius 1 is 1.40 bits per heavy atom. The molecule has 5 heteroatoms. The SMILES string of the molecule is Cc1cc(C(C)(C)C=N)cc(F)c1C(=O)N=CN(C)C. The minimum atomic E-state index is -0.604. The first kappa shape index (κ1) is 16.0. The van der Waals surface area contributed by atoms with E-state index in [2.05, 4.69) is 4.99 Å². The minimum Gasteiger partial charge on any atom is -0.369 e. The molecular formula is C15H20FN3O. The molecule has 0 aliphatic heterocycles. The molecule has 0 aliphatic carbocycles. The van der Waals surface area contributed by atoms with Gasteiger partial charge in [-0.05, 0) is 24.1 Å². The topological polar surface area (TPSA) is 56.5 Å². The third kappa shape index (κ3) is 3.50. The van der Waals surface area contributed by atoms with E-state index in [-0.39, 0.29) is 5.56 Å². The van der Waals surface area contributed by atoms with Gasteiger partial charge in [0.05, 0.1) is 11.9 Å². The molecule has 0 unspecified atom stereocenters. The number of hydrogen-bond donors (Lipinski definition) is 1. The number of aryl methyl sites for hydroxylation is 1. The van der Waals surface area contributed by atoms with E-state index in [1.807, 2.05) is 13.8 Å². The van der Waals surface area contributed by atoms with Crippen LogP contribution in [0.3, 0.4) is 0 Å². The average Bonchev–Trinajstić information content (AvgIpc) is 2.35.